The predicted molar refractivity (Wildman–Crippen MR) is 163 cm³/mol. The van der Waals surface area contributed by atoms with E-state index in [0.29, 0.717) is 22.3 Å². The zero-order chi connectivity index (χ0) is 29.5. The third-order valence-corrected chi connectivity index (χ3v) is 8.63. The van der Waals surface area contributed by atoms with Gasteiger partial charge in [0.15, 0.2) is 11.4 Å². The number of hydrogen-bond acceptors (Lipinski definition) is 6. The minimum atomic E-state index is -1.36. The van der Waals surface area contributed by atoms with Crippen molar-refractivity contribution < 1.29 is 29.3 Å². The van der Waals surface area contributed by atoms with E-state index in [2.05, 4.69) is 6.92 Å². The number of benzene rings is 3. The Morgan fingerprint density at radius 2 is 1.36 bits per heavy atom. The molecule has 5 rings (SSSR count). The van der Waals surface area contributed by atoms with Crippen LogP contribution in [0.5, 0.6) is 23.0 Å². The van der Waals surface area contributed by atoms with E-state index >= 15 is 0 Å². The third kappa shape index (κ3) is 5.90. The number of carbonyl (C=O) groups is 2. The predicted octanol–water partition coefficient (Wildman–Crippen LogP) is 9.33. The quantitative estimate of drug-likeness (QED) is 0.107. The molecular formula is C36H42O6. The molecule has 0 bridgehead atoms. The number of esters is 1. The van der Waals surface area contributed by atoms with Gasteiger partial charge in [-0.1, -0.05) is 102 Å². The summed E-state index contributed by atoms with van der Waals surface area (Å²) in [6.07, 6.45) is 16.1. The average molecular weight is 571 g/mol. The largest absolute Gasteiger partial charge is 0.508 e. The van der Waals surface area contributed by atoms with Crippen LogP contribution in [-0.4, -0.2) is 22.0 Å². The summed E-state index contributed by atoms with van der Waals surface area (Å²) in [5.74, 6) is -0.464. The summed E-state index contributed by atoms with van der Waals surface area (Å²) in [6, 6.07) is 14.9. The van der Waals surface area contributed by atoms with Crippen molar-refractivity contribution in [2.45, 2.75) is 102 Å². The van der Waals surface area contributed by atoms with Crippen molar-refractivity contribution in [2.75, 3.05) is 0 Å². The number of rotatable bonds is 15. The van der Waals surface area contributed by atoms with Gasteiger partial charge in [0.2, 0.25) is 0 Å². The molecule has 3 aromatic carbocycles. The van der Waals surface area contributed by atoms with Crippen LogP contribution in [0.15, 0.2) is 54.6 Å². The molecule has 0 fully saturated rings. The highest BCUT2D eigenvalue weighted by atomic mass is 16.6. The lowest BCUT2D eigenvalue weighted by molar-refractivity contribution is 0.0224. The Labute approximate surface area is 248 Å². The fraction of sp³-hybridized carbons (Fsp3) is 0.444. The summed E-state index contributed by atoms with van der Waals surface area (Å²) in [6.45, 7) is 2.25. The molecular weight excluding hydrogens is 528 g/mol. The number of ether oxygens (including phenoxy) is 2. The molecule has 0 aliphatic carbocycles. The molecule has 0 radical (unpaired) electrons. The van der Waals surface area contributed by atoms with E-state index in [1.165, 1.54) is 82.4 Å². The summed E-state index contributed by atoms with van der Waals surface area (Å²) in [4.78, 5) is 26.6. The van der Waals surface area contributed by atoms with Crippen LogP contribution in [0.1, 0.15) is 134 Å². The van der Waals surface area contributed by atoms with E-state index < -0.39 is 11.6 Å². The molecule has 1 spiro atoms. The number of hydrogen-bond donors (Lipinski definition) is 2. The zero-order valence-corrected chi connectivity index (χ0v) is 24.6. The summed E-state index contributed by atoms with van der Waals surface area (Å²) >= 11 is 0. The van der Waals surface area contributed by atoms with Gasteiger partial charge < -0.3 is 19.7 Å². The number of carbonyl (C=O) groups excluding carboxylic acids is 2. The number of Topliss-reactive ketones (excluding diaryl/α,β-unsaturated/α-hetero) is 1. The van der Waals surface area contributed by atoms with Gasteiger partial charge in [-0.05, 0) is 36.8 Å². The molecule has 0 aromatic heterocycles. The standard InChI is InChI=1S/C36H42O6/c1-2-3-4-5-6-7-8-9-10-11-12-13-14-19-30(38)33-31(39)23-22-29-34(33)41-32-24-25(37)20-21-28(32)36(29)27-18-16-15-17-26(27)35(40)42-36/h15-18,20-24,37,39H,2-14,19H2,1H3. The van der Waals surface area contributed by atoms with Gasteiger partial charge in [0.05, 0.1) is 5.56 Å². The first-order chi connectivity index (χ1) is 20.5. The number of ketones is 1. The lowest BCUT2D eigenvalue weighted by Gasteiger charge is -2.37. The molecule has 2 N–H and O–H groups in total. The van der Waals surface area contributed by atoms with Crippen molar-refractivity contribution in [1.82, 2.24) is 0 Å². The first-order valence-electron chi connectivity index (χ1n) is 15.7. The van der Waals surface area contributed by atoms with Crippen molar-refractivity contribution in [1.29, 1.82) is 0 Å². The Hall–Kier alpha value is -3.80. The van der Waals surface area contributed by atoms with Gasteiger partial charge in [0, 0.05) is 29.2 Å². The summed E-state index contributed by atoms with van der Waals surface area (Å²) in [7, 11) is 0. The highest BCUT2D eigenvalue weighted by Crippen LogP contribution is 2.58. The van der Waals surface area contributed by atoms with Gasteiger partial charge in [-0.15, -0.1) is 0 Å². The molecule has 1 unspecified atom stereocenters. The van der Waals surface area contributed by atoms with E-state index in [-0.39, 0.29) is 40.8 Å². The molecule has 2 aliphatic rings. The van der Waals surface area contributed by atoms with Crippen LogP contribution in [0.25, 0.3) is 0 Å². The Balaban J connectivity index is 1.25. The molecule has 2 aliphatic heterocycles. The van der Waals surface area contributed by atoms with Crippen molar-refractivity contribution in [2.24, 2.45) is 0 Å². The topological polar surface area (TPSA) is 93.1 Å². The normalized spacial score (nSPS) is 16.5. The monoisotopic (exact) mass is 570 g/mol. The molecule has 0 amide bonds. The molecule has 0 saturated carbocycles. The smallest absolute Gasteiger partial charge is 0.340 e. The molecule has 1 atom stereocenters. The Kier molecular flexibility index (Phi) is 9.51. The van der Waals surface area contributed by atoms with Crippen molar-refractivity contribution in [3.05, 3.63) is 82.4 Å². The van der Waals surface area contributed by atoms with Crippen LogP contribution in [-0.2, 0) is 10.3 Å². The Morgan fingerprint density at radius 3 is 2.05 bits per heavy atom. The van der Waals surface area contributed by atoms with Gasteiger partial charge in [-0.25, -0.2) is 4.79 Å². The average Bonchev–Trinajstić information content (AvgIpc) is 3.27. The summed E-state index contributed by atoms with van der Waals surface area (Å²) in [5.41, 5.74) is 0.810. The van der Waals surface area contributed by atoms with E-state index in [9.17, 15) is 19.8 Å². The minimum Gasteiger partial charge on any atom is -0.508 e. The van der Waals surface area contributed by atoms with E-state index in [1.54, 1.807) is 24.3 Å². The number of phenols is 2. The van der Waals surface area contributed by atoms with Gasteiger partial charge in [0.25, 0.3) is 0 Å². The highest BCUT2D eigenvalue weighted by molar-refractivity contribution is 6.03. The maximum absolute atomic E-state index is 13.5. The number of aromatic hydroxyl groups is 2. The van der Waals surface area contributed by atoms with Gasteiger partial charge in [0.1, 0.15) is 28.6 Å². The highest BCUT2D eigenvalue weighted by Gasteiger charge is 2.54. The van der Waals surface area contributed by atoms with Crippen molar-refractivity contribution in [3.63, 3.8) is 0 Å². The van der Waals surface area contributed by atoms with Crippen LogP contribution >= 0.6 is 0 Å². The van der Waals surface area contributed by atoms with Crippen molar-refractivity contribution >= 4 is 11.8 Å². The second-order valence-electron chi connectivity index (χ2n) is 11.7. The Bertz CT molecular complexity index is 1430. The first kappa shape index (κ1) is 29.7. The summed E-state index contributed by atoms with van der Waals surface area (Å²) in [5, 5.41) is 21.1. The maximum atomic E-state index is 13.5. The van der Waals surface area contributed by atoms with Crippen LogP contribution in [0.2, 0.25) is 0 Å². The van der Waals surface area contributed by atoms with E-state index in [4.69, 9.17) is 9.47 Å². The fourth-order valence-corrected chi connectivity index (χ4v) is 6.41. The van der Waals surface area contributed by atoms with E-state index in [0.717, 1.165) is 19.3 Å². The van der Waals surface area contributed by atoms with Crippen molar-refractivity contribution in [3.8, 4) is 23.0 Å². The van der Waals surface area contributed by atoms with E-state index in [1.807, 2.05) is 12.1 Å². The molecule has 3 aromatic rings. The van der Waals surface area contributed by atoms with Gasteiger partial charge >= 0.3 is 5.97 Å². The molecule has 6 nitrogen and oxygen atoms in total. The first-order valence-corrected chi connectivity index (χ1v) is 15.7. The SMILES string of the molecule is CCCCCCCCCCCCCCCC(=O)c1c(O)ccc2c1Oc1cc(O)ccc1C21OC(=O)c2ccccc21. The third-order valence-electron chi connectivity index (χ3n) is 8.63. The van der Waals surface area contributed by atoms with Gasteiger partial charge in [-0.3, -0.25) is 4.79 Å². The number of fused-ring (bicyclic) bond motifs is 6. The molecule has 0 saturated heterocycles. The second kappa shape index (κ2) is 13.5. The lowest BCUT2D eigenvalue weighted by Crippen LogP contribution is -2.33. The fourth-order valence-electron chi connectivity index (χ4n) is 6.41. The zero-order valence-electron chi connectivity index (χ0n) is 24.6. The van der Waals surface area contributed by atoms with Crippen LogP contribution in [0.3, 0.4) is 0 Å². The molecule has 6 heteroatoms. The van der Waals surface area contributed by atoms with Crippen LogP contribution in [0.4, 0.5) is 0 Å². The minimum absolute atomic E-state index is 0.0232. The number of unbranched alkanes of at least 4 members (excludes halogenated alkanes) is 12. The maximum Gasteiger partial charge on any atom is 0.340 e. The molecule has 42 heavy (non-hydrogen) atoms. The summed E-state index contributed by atoms with van der Waals surface area (Å²) < 4.78 is 12.3. The molecule has 2 heterocycles. The van der Waals surface area contributed by atoms with Gasteiger partial charge in [-0.2, -0.15) is 0 Å². The van der Waals surface area contributed by atoms with Crippen LogP contribution < -0.4 is 4.74 Å². The van der Waals surface area contributed by atoms with Crippen LogP contribution in [0, 0.1) is 0 Å². The Morgan fingerprint density at radius 1 is 0.738 bits per heavy atom. The second-order valence-corrected chi connectivity index (χ2v) is 11.7. The lowest BCUT2D eigenvalue weighted by atomic mass is 9.76. The molecule has 222 valence electrons. The number of phenolic OH excluding ortho intramolecular Hbond substituents is 2.